The first-order valence-electron chi connectivity index (χ1n) is 8.88. The second-order valence-corrected chi connectivity index (χ2v) is 6.89. The smallest absolute Gasteiger partial charge is 0.348 e. The molecule has 1 aliphatic heterocycles. The minimum atomic E-state index is -1.82. The van der Waals surface area contributed by atoms with Gasteiger partial charge in [0.25, 0.3) is 0 Å². The highest BCUT2D eigenvalue weighted by Gasteiger charge is 2.41. The van der Waals surface area contributed by atoms with Crippen LogP contribution in [0.3, 0.4) is 0 Å². The molecule has 1 N–H and O–H groups in total. The summed E-state index contributed by atoms with van der Waals surface area (Å²) in [5.74, 6) is -0.650. The van der Waals surface area contributed by atoms with Gasteiger partial charge in [-0.1, -0.05) is 66.2 Å². The molecular formula is C22H26ClNO3. The monoisotopic (exact) mass is 387 g/mol. The second kappa shape index (κ2) is 9.18. The van der Waals surface area contributed by atoms with E-state index in [2.05, 4.69) is 18.9 Å². The van der Waals surface area contributed by atoms with E-state index in [-0.39, 0.29) is 19.0 Å². The first kappa shape index (κ1) is 21.2. The van der Waals surface area contributed by atoms with Crippen molar-refractivity contribution in [2.24, 2.45) is 0 Å². The maximum absolute atomic E-state index is 13.0. The molecular weight excluding hydrogens is 362 g/mol. The van der Waals surface area contributed by atoms with Crippen LogP contribution in [-0.2, 0) is 15.1 Å². The molecule has 0 saturated heterocycles. The van der Waals surface area contributed by atoms with E-state index < -0.39 is 11.6 Å². The molecule has 1 heterocycles. The first-order valence-corrected chi connectivity index (χ1v) is 8.88. The van der Waals surface area contributed by atoms with E-state index in [1.165, 1.54) is 5.57 Å². The largest absolute Gasteiger partial charge is 0.458 e. The Balaban J connectivity index is 0.00000261. The SMILES string of the molecule is CC1=C(COC(=O)C(O)(c2ccccc2)c2ccccc2)CN(C)CC1.Cl. The summed E-state index contributed by atoms with van der Waals surface area (Å²) in [6.45, 7) is 4.09. The van der Waals surface area contributed by atoms with Crippen molar-refractivity contribution >= 4 is 18.4 Å². The van der Waals surface area contributed by atoms with Gasteiger partial charge in [0.1, 0.15) is 6.61 Å². The Bertz CT molecular complexity index is 750. The summed E-state index contributed by atoms with van der Waals surface area (Å²) in [5.41, 5.74) is 1.55. The number of hydrogen-bond donors (Lipinski definition) is 1. The summed E-state index contributed by atoms with van der Waals surface area (Å²) in [5, 5.41) is 11.4. The highest BCUT2D eigenvalue weighted by Crippen LogP contribution is 2.31. The minimum absolute atomic E-state index is 0. The zero-order chi connectivity index (χ0) is 18.6. The van der Waals surface area contributed by atoms with Gasteiger partial charge in [-0.3, -0.25) is 0 Å². The van der Waals surface area contributed by atoms with Crippen LogP contribution in [0, 0.1) is 0 Å². The summed E-state index contributed by atoms with van der Waals surface area (Å²) >= 11 is 0. The summed E-state index contributed by atoms with van der Waals surface area (Å²) in [6, 6.07) is 17.9. The van der Waals surface area contributed by atoms with Crippen LogP contribution < -0.4 is 0 Å². The number of likely N-dealkylation sites (N-methyl/N-ethyl adjacent to an activating group) is 1. The lowest BCUT2D eigenvalue weighted by atomic mass is 9.86. The van der Waals surface area contributed by atoms with Crippen LogP contribution in [0.5, 0.6) is 0 Å². The molecule has 0 unspecified atom stereocenters. The van der Waals surface area contributed by atoms with Gasteiger partial charge in [0.2, 0.25) is 5.60 Å². The standard InChI is InChI=1S/C22H25NO3.ClH/c1-17-13-14-23(2)15-18(17)16-26-21(24)22(25,19-9-5-3-6-10-19)20-11-7-4-8-12-20;/h3-12,25H,13-16H2,1-2H3;1H. The Hall–Kier alpha value is -2.14. The highest BCUT2D eigenvalue weighted by atomic mass is 35.5. The Morgan fingerprint density at radius 3 is 2.11 bits per heavy atom. The van der Waals surface area contributed by atoms with Gasteiger partial charge in [0.05, 0.1) is 0 Å². The molecule has 0 amide bonds. The Morgan fingerprint density at radius 2 is 1.59 bits per heavy atom. The topological polar surface area (TPSA) is 49.8 Å². The Kier molecular flexibility index (Phi) is 7.19. The lowest BCUT2D eigenvalue weighted by molar-refractivity contribution is -0.161. The molecule has 4 nitrogen and oxygen atoms in total. The third kappa shape index (κ3) is 4.59. The van der Waals surface area contributed by atoms with Gasteiger partial charge in [0, 0.05) is 13.1 Å². The van der Waals surface area contributed by atoms with Crippen LogP contribution in [0.25, 0.3) is 0 Å². The molecule has 0 radical (unpaired) electrons. The fourth-order valence-electron chi connectivity index (χ4n) is 3.26. The number of ether oxygens (including phenoxy) is 1. The minimum Gasteiger partial charge on any atom is -0.458 e. The molecule has 0 spiro atoms. The van der Waals surface area contributed by atoms with Gasteiger partial charge in [-0.05, 0) is 37.1 Å². The molecule has 0 saturated carbocycles. The quantitative estimate of drug-likeness (QED) is 0.629. The zero-order valence-electron chi connectivity index (χ0n) is 15.7. The number of halogens is 1. The fourth-order valence-corrected chi connectivity index (χ4v) is 3.26. The molecule has 0 fully saturated rings. The zero-order valence-corrected chi connectivity index (χ0v) is 16.5. The summed E-state index contributed by atoms with van der Waals surface area (Å²) in [4.78, 5) is 15.2. The normalized spacial score (nSPS) is 15.2. The predicted octanol–water partition coefficient (Wildman–Crippen LogP) is 3.54. The van der Waals surface area contributed by atoms with E-state index in [0.29, 0.717) is 11.1 Å². The summed E-state index contributed by atoms with van der Waals surface area (Å²) in [6.07, 6.45) is 0.977. The molecule has 144 valence electrons. The molecule has 5 heteroatoms. The van der Waals surface area contributed by atoms with Gasteiger partial charge >= 0.3 is 5.97 Å². The summed E-state index contributed by atoms with van der Waals surface area (Å²) in [7, 11) is 2.05. The van der Waals surface area contributed by atoms with Crippen molar-refractivity contribution in [1.82, 2.24) is 4.90 Å². The predicted molar refractivity (Wildman–Crippen MR) is 109 cm³/mol. The van der Waals surface area contributed by atoms with E-state index in [1.807, 2.05) is 12.1 Å². The van der Waals surface area contributed by atoms with Crippen LogP contribution in [0.2, 0.25) is 0 Å². The number of carbonyl (C=O) groups excluding carboxylic acids is 1. The number of carbonyl (C=O) groups is 1. The van der Waals surface area contributed by atoms with Crippen LogP contribution in [-0.4, -0.2) is 42.7 Å². The fraction of sp³-hybridized carbons (Fsp3) is 0.318. The number of rotatable bonds is 5. The van der Waals surface area contributed by atoms with Gasteiger partial charge in [-0.2, -0.15) is 0 Å². The number of hydrogen-bond acceptors (Lipinski definition) is 4. The maximum Gasteiger partial charge on any atom is 0.348 e. The molecule has 1 aliphatic rings. The molecule has 27 heavy (non-hydrogen) atoms. The molecule has 0 atom stereocenters. The third-order valence-corrected chi connectivity index (χ3v) is 4.99. The van der Waals surface area contributed by atoms with Gasteiger partial charge in [-0.15, -0.1) is 12.4 Å². The van der Waals surface area contributed by atoms with Crippen LogP contribution >= 0.6 is 12.4 Å². The second-order valence-electron chi connectivity index (χ2n) is 6.89. The van der Waals surface area contributed by atoms with Crippen LogP contribution in [0.15, 0.2) is 71.8 Å². The van der Waals surface area contributed by atoms with Crippen molar-refractivity contribution in [2.75, 3.05) is 26.7 Å². The van der Waals surface area contributed by atoms with Crippen molar-refractivity contribution in [3.63, 3.8) is 0 Å². The molecule has 0 aliphatic carbocycles. The molecule has 0 aromatic heterocycles. The first-order chi connectivity index (χ1) is 12.5. The average Bonchev–Trinajstić information content (AvgIpc) is 2.69. The molecule has 2 aromatic carbocycles. The summed E-state index contributed by atoms with van der Waals surface area (Å²) < 4.78 is 5.60. The van der Waals surface area contributed by atoms with E-state index in [4.69, 9.17) is 4.74 Å². The third-order valence-electron chi connectivity index (χ3n) is 4.99. The van der Waals surface area contributed by atoms with E-state index >= 15 is 0 Å². The number of benzene rings is 2. The van der Waals surface area contributed by atoms with Crippen molar-refractivity contribution in [2.45, 2.75) is 18.9 Å². The number of esters is 1. The van der Waals surface area contributed by atoms with E-state index in [0.717, 1.165) is 25.1 Å². The lowest BCUT2D eigenvalue weighted by Crippen LogP contribution is -2.39. The average molecular weight is 388 g/mol. The van der Waals surface area contributed by atoms with Gasteiger partial charge < -0.3 is 14.7 Å². The van der Waals surface area contributed by atoms with E-state index in [1.54, 1.807) is 48.5 Å². The lowest BCUT2D eigenvalue weighted by Gasteiger charge is -2.29. The molecule has 3 rings (SSSR count). The van der Waals surface area contributed by atoms with Crippen molar-refractivity contribution in [3.8, 4) is 0 Å². The maximum atomic E-state index is 13.0. The van der Waals surface area contributed by atoms with Gasteiger partial charge in [0.15, 0.2) is 0 Å². The van der Waals surface area contributed by atoms with Crippen LogP contribution in [0.1, 0.15) is 24.5 Å². The number of nitrogens with zero attached hydrogens (tertiary/aromatic N) is 1. The van der Waals surface area contributed by atoms with Crippen LogP contribution in [0.4, 0.5) is 0 Å². The highest BCUT2D eigenvalue weighted by molar-refractivity contribution is 5.86. The van der Waals surface area contributed by atoms with E-state index in [9.17, 15) is 9.90 Å². The van der Waals surface area contributed by atoms with Crippen molar-refractivity contribution in [1.29, 1.82) is 0 Å². The van der Waals surface area contributed by atoms with Gasteiger partial charge in [-0.25, -0.2) is 4.79 Å². The van der Waals surface area contributed by atoms with Crippen molar-refractivity contribution in [3.05, 3.63) is 82.9 Å². The number of aliphatic hydroxyl groups is 1. The molecule has 2 aromatic rings. The Morgan fingerprint density at radius 1 is 1.07 bits per heavy atom. The van der Waals surface area contributed by atoms with Crippen molar-refractivity contribution < 1.29 is 14.6 Å². The Labute approximate surface area is 166 Å². The molecule has 0 bridgehead atoms.